The highest BCUT2D eigenvalue weighted by Gasteiger charge is 2.29. The van der Waals surface area contributed by atoms with Gasteiger partial charge in [-0.25, -0.2) is 9.78 Å². The van der Waals surface area contributed by atoms with Gasteiger partial charge in [0.05, 0.1) is 6.54 Å². The SMILES string of the molecule is CC(C)(C)OC(=O)N1CCC[C@H](Oc2ncccc2[NH2+][O-])C1. The first kappa shape index (κ1) is 16.5. The molecular weight excluding hydrogens is 286 g/mol. The van der Waals surface area contributed by atoms with Crippen molar-refractivity contribution in [1.29, 1.82) is 0 Å². The molecule has 1 amide bonds. The van der Waals surface area contributed by atoms with E-state index in [1.807, 2.05) is 20.8 Å². The predicted molar refractivity (Wildman–Crippen MR) is 80.6 cm³/mol. The van der Waals surface area contributed by atoms with E-state index >= 15 is 0 Å². The molecule has 0 aliphatic carbocycles. The summed E-state index contributed by atoms with van der Waals surface area (Å²) in [6.45, 7) is 6.61. The smallest absolute Gasteiger partial charge is 0.410 e. The first-order valence-corrected chi connectivity index (χ1v) is 7.44. The lowest BCUT2D eigenvalue weighted by atomic mass is 10.1. The Kier molecular flexibility index (Phi) is 5.20. The van der Waals surface area contributed by atoms with Gasteiger partial charge in [0.2, 0.25) is 0 Å². The van der Waals surface area contributed by atoms with Crippen LogP contribution in [0.4, 0.5) is 10.5 Å². The van der Waals surface area contributed by atoms with E-state index in [9.17, 15) is 10.0 Å². The summed E-state index contributed by atoms with van der Waals surface area (Å²) in [5.41, 5.74) is 0.616. The van der Waals surface area contributed by atoms with Gasteiger partial charge in [-0.15, -0.1) is 0 Å². The van der Waals surface area contributed by atoms with Crippen molar-refractivity contribution in [3.8, 4) is 5.88 Å². The van der Waals surface area contributed by atoms with Crippen LogP contribution in [0.3, 0.4) is 0 Å². The van der Waals surface area contributed by atoms with Crippen LogP contribution in [0.2, 0.25) is 0 Å². The topological polar surface area (TPSA) is 91.3 Å². The lowest BCUT2D eigenvalue weighted by Crippen LogP contribution is -2.70. The number of amides is 1. The van der Waals surface area contributed by atoms with E-state index in [1.165, 1.54) is 0 Å². The number of nitrogens with two attached hydrogens (primary N) is 1. The Morgan fingerprint density at radius 2 is 2.27 bits per heavy atom. The molecule has 1 aromatic rings. The number of likely N-dealkylation sites (tertiary alicyclic amines) is 1. The third kappa shape index (κ3) is 4.57. The second-order valence-electron chi connectivity index (χ2n) is 6.32. The molecule has 122 valence electrons. The number of ether oxygens (including phenoxy) is 2. The minimum absolute atomic E-state index is 0.185. The number of quaternary nitrogens is 1. The summed E-state index contributed by atoms with van der Waals surface area (Å²) in [6.07, 6.45) is 2.70. The fraction of sp³-hybridized carbons (Fsp3) is 0.600. The molecular formula is C15H23N3O4. The Morgan fingerprint density at radius 3 is 2.95 bits per heavy atom. The van der Waals surface area contributed by atoms with Crippen molar-refractivity contribution in [3.63, 3.8) is 0 Å². The molecule has 0 bridgehead atoms. The number of hydrogen-bond acceptors (Lipinski definition) is 5. The van der Waals surface area contributed by atoms with Gasteiger partial charge in [0.25, 0.3) is 5.88 Å². The second-order valence-corrected chi connectivity index (χ2v) is 6.32. The molecule has 0 saturated carbocycles. The fourth-order valence-electron chi connectivity index (χ4n) is 2.28. The van der Waals surface area contributed by atoms with E-state index in [0.29, 0.717) is 24.7 Å². The quantitative estimate of drug-likeness (QED) is 0.855. The molecule has 1 fully saturated rings. The van der Waals surface area contributed by atoms with Gasteiger partial charge in [0.1, 0.15) is 11.7 Å². The molecule has 22 heavy (non-hydrogen) atoms. The van der Waals surface area contributed by atoms with Crippen LogP contribution in [-0.2, 0) is 4.74 Å². The molecule has 1 aliphatic heterocycles. The summed E-state index contributed by atoms with van der Waals surface area (Å²) < 4.78 is 11.2. The Morgan fingerprint density at radius 1 is 1.50 bits per heavy atom. The van der Waals surface area contributed by atoms with E-state index in [-0.39, 0.29) is 12.2 Å². The number of hydrogen-bond donors (Lipinski definition) is 1. The zero-order chi connectivity index (χ0) is 16.2. The van der Waals surface area contributed by atoms with Crippen LogP contribution in [0, 0.1) is 5.21 Å². The van der Waals surface area contributed by atoms with E-state index in [4.69, 9.17) is 9.47 Å². The number of piperidine rings is 1. The van der Waals surface area contributed by atoms with Crippen molar-refractivity contribution in [2.75, 3.05) is 13.1 Å². The van der Waals surface area contributed by atoms with Crippen LogP contribution in [0.1, 0.15) is 33.6 Å². The van der Waals surface area contributed by atoms with Crippen molar-refractivity contribution in [1.82, 2.24) is 9.88 Å². The normalized spacial score (nSPS) is 18.9. The van der Waals surface area contributed by atoms with Crippen molar-refractivity contribution < 1.29 is 19.7 Å². The predicted octanol–water partition coefficient (Wildman–Crippen LogP) is 1.55. The summed E-state index contributed by atoms with van der Waals surface area (Å²) in [4.78, 5) is 17.8. The van der Waals surface area contributed by atoms with Gasteiger partial charge in [-0.2, -0.15) is 0 Å². The summed E-state index contributed by atoms with van der Waals surface area (Å²) >= 11 is 0. The van der Waals surface area contributed by atoms with Crippen molar-refractivity contribution in [3.05, 3.63) is 23.5 Å². The zero-order valence-corrected chi connectivity index (χ0v) is 13.2. The number of carbonyl (C=O) groups is 1. The molecule has 2 rings (SSSR count). The van der Waals surface area contributed by atoms with E-state index in [0.717, 1.165) is 18.3 Å². The summed E-state index contributed by atoms with van der Waals surface area (Å²) in [6, 6.07) is 3.34. The molecule has 7 heteroatoms. The minimum atomic E-state index is -0.517. The molecule has 1 aliphatic rings. The van der Waals surface area contributed by atoms with Gasteiger partial charge in [-0.1, -0.05) is 0 Å². The average Bonchev–Trinajstić information content (AvgIpc) is 2.46. The first-order valence-electron chi connectivity index (χ1n) is 7.44. The maximum Gasteiger partial charge on any atom is 0.410 e. The molecule has 0 radical (unpaired) electrons. The highest BCUT2D eigenvalue weighted by Crippen LogP contribution is 2.22. The number of aromatic nitrogens is 1. The van der Waals surface area contributed by atoms with Gasteiger partial charge >= 0.3 is 6.09 Å². The van der Waals surface area contributed by atoms with Crippen LogP contribution in [0.15, 0.2) is 18.3 Å². The van der Waals surface area contributed by atoms with Crippen LogP contribution in [0.5, 0.6) is 5.88 Å². The lowest BCUT2D eigenvalue weighted by molar-refractivity contribution is -0.498. The average molecular weight is 309 g/mol. The van der Waals surface area contributed by atoms with Gasteiger partial charge in [-0.05, 0) is 39.7 Å². The van der Waals surface area contributed by atoms with Gasteiger partial charge < -0.3 is 25.1 Å². The molecule has 0 unspecified atom stereocenters. The highest BCUT2D eigenvalue weighted by atomic mass is 16.6. The van der Waals surface area contributed by atoms with Gasteiger partial charge in [0.15, 0.2) is 5.69 Å². The van der Waals surface area contributed by atoms with E-state index in [2.05, 4.69) is 4.98 Å². The molecule has 1 saturated heterocycles. The first-order chi connectivity index (χ1) is 10.4. The lowest BCUT2D eigenvalue weighted by Gasteiger charge is -2.34. The largest absolute Gasteiger partial charge is 0.630 e. The number of carbonyl (C=O) groups excluding carboxylic acids is 1. The summed E-state index contributed by atoms with van der Waals surface area (Å²) in [5, 5.41) is 11.0. The molecule has 0 aromatic carbocycles. The Bertz CT molecular complexity index is 516. The van der Waals surface area contributed by atoms with Gasteiger partial charge in [0, 0.05) is 18.8 Å². The molecule has 1 aromatic heterocycles. The maximum atomic E-state index is 12.1. The Labute approximate surface area is 130 Å². The van der Waals surface area contributed by atoms with Crippen LogP contribution in [-0.4, -0.2) is 40.8 Å². The van der Waals surface area contributed by atoms with Crippen LogP contribution >= 0.6 is 0 Å². The van der Waals surface area contributed by atoms with Crippen molar-refractivity contribution in [2.24, 2.45) is 0 Å². The number of pyridine rings is 1. The molecule has 2 heterocycles. The van der Waals surface area contributed by atoms with Crippen LogP contribution < -0.4 is 10.2 Å². The third-order valence-corrected chi connectivity index (χ3v) is 3.24. The van der Waals surface area contributed by atoms with Crippen molar-refractivity contribution >= 4 is 11.8 Å². The monoisotopic (exact) mass is 309 g/mol. The Hall–Kier alpha value is -1.86. The maximum absolute atomic E-state index is 12.1. The second kappa shape index (κ2) is 6.93. The zero-order valence-electron chi connectivity index (χ0n) is 13.2. The summed E-state index contributed by atoms with van der Waals surface area (Å²) in [5.74, 6) is 0.313. The fourth-order valence-corrected chi connectivity index (χ4v) is 2.28. The van der Waals surface area contributed by atoms with E-state index in [1.54, 1.807) is 23.2 Å². The minimum Gasteiger partial charge on any atom is -0.630 e. The molecule has 2 N–H and O–H groups in total. The molecule has 0 spiro atoms. The van der Waals surface area contributed by atoms with Gasteiger partial charge in [-0.3, -0.25) is 0 Å². The van der Waals surface area contributed by atoms with Crippen molar-refractivity contribution in [2.45, 2.75) is 45.3 Å². The van der Waals surface area contributed by atoms with Crippen LogP contribution in [0.25, 0.3) is 0 Å². The standard InChI is InChI=1S/C15H23N3O4/c1-15(2,3)22-14(19)18-9-5-6-11(10-18)21-13-12(17-20)7-4-8-16-13/h4,7-8,11H,5-6,9-10,17H2,1-3H3/t11-/m0/s1. The Balaban J connectivity index is 1.97. The number of rotatable bonds is 3. The highest BCUT2D eigenvalue weighted by molar-refractivity contribution is 5.68. The third-order valence-electron chi connectivity index (χ3n) is 3.24. The molecule has 7 nitrogen and oxygen atoms in total. The number of nitrogens with zero attached hydrogens (tertiary/aromatic N) is 2. The van der Waals surface area contributed by atoms with E-state index < -0.39 is 5.60 Å². The summed E-state index contributed by atoms with van der Waals surface area (Å²) in [7, 11) is 0. The molecule has 1 atom stereocenters.